The van der Waals surface area contributed by atoms with Gasteiger partial charge < -0.3 is 10.2 Å². The van der Waals surface area contributed by atoms with Crippen LogP contribution in [0.3, 0.4) is 0 Å². The average molecular weight is 279 g/mol. The van der Waals surface area contributed by atoms with Crippen LogP contribution in [-0.4, -0.2) is 61.2 Å². The molecule has 2 aliphatic heterocycles. The van der Waals surface area contributed by atoms with E-state index in [0.717, 1.165) is 12.0 Å². The van der Waals surface area contributed by atoms with Gasteiger partial charge in [0.15, 0.2) is 0 Å². The summed E-state index contributed by atoms with van der Waals surface area (Å²) < 4.78 is 0. The zero-order valence-corrected chi connectivity index (χ0v) is 13.5. The standard InChI is InChI=1S/C17H33N3/c1-15-12-16(6-9-18-15)13-20-11-10-19(2)14-17(20)7-4-3-5-8-17/h15-16,18H,3-14H2,1-2H3. The summed E-state index contributed by atoms with van der Waals surface area (Å²) in [6.07, 6.45) is 10.0. The molecular formula is C17H33N3. The van der Waals surface area contributed by atoms with E-state index in [9.17, 15) is 0 Å². The number of piperazine rings is 1. The molecule has 3 nitrogen and oxygen atoms in total. The van der Waals surface area contributed by atoms with Gasteiger partial charge in [0.25, 0.3) is 0 Å². The van der Waals surface area contributed by atoms with Crippen molar-refractivity contribution in [2.24, 2.45) is 5.92 Å². The second-order valence-electron chi connectivity index (χ2n) is 7.71. The average Bonchev–Trinajstić information content (AvgIpc) is 2.43. The molecule has 0 aromatic heterocycles. The van der Waals surface area contributed by atoms with Crippen LogP contribution in [0.15, 0.2) is 0 Å². The lowest BCUT2D eigenvalue weighted by Crippen LogP contribution is -2.63. The van der Waals surface area contributed by atoms with E-state index in [1.54, 1.807) is 0 Å². The molecule has 1 saturated carbocycles. The number of nitrogens with one attached hydrogen (secondary N) is 1. The first-order chi connectivity index (χ1) is 9.68. The van der Waals surface area contributed by atoms with Gasteiger partial charge in [-0.05, 0) is 52.1 Å². The van der Waals surface area contributed by atoms with E-state index in [2.05, 4.69) is 29.1 Å². The Morgan fingerprint density at radius 1 is 1.15 bits per heavy atom. The number of piperidine rings is 1. The van der Waals surface area contributed by atoms with Crippen LogP contribution in [0.4, 0.5) is 0 Å². The predicted molar refractivity (Wildman–Crippen MR) is 85.1 cm³/mol. The van der Waals surface area contributed by atoms with E-state index >= 15 is 0 Å². The Bertz CT molecular complexity index is 311. The van der Waals surface area contributed by atoms with Gasteiger partial charge in [0, 0.05) is 37.8 Å². The van der Waals surface area contributed by atoms with Crippen LogP contribution in [0.25, 0.3) is 0 Å². The number of nitrogens with zero attached hydrogens (tertiary/aromatic N) is 2. The Morgan fingerprint density at radius 3 is 2.70 bits per heavy atom. The molecule has 3 fully saturated rings. The second-order valence-corrected chi connectivity index (χ2v) is 7.71. The molecule has 0 radical (unpaired) electrons. The van der Waals surface area contributed by atoms with Crippen molar-refractivity contribution in [1.82, 2.24) is 15.1 Å². The first-order valence-corrected chi connectivity index (χ1v) is 8.85. The first-order valence-electron chi connectivity index (χ1n) is 8.85. The number of hydrogen-bond acceptors (Lipinski definition) is 3. The number of rotatable bonds is 2. The van der Waals surface area contributed by atoms with Crippen LogP contribution in [0, 0.1) is 5.92 Å². The van der Waals surface area contributed by atoms with Crippen molar-refractivity contribution in [3.05, 3.63) is 0 Å². The summed E-state index contributed by atoms with van der Waals surface area (Å²) in [6, 6.07) is 0.725. The fraction of sp³-hybridized carbons (Fsp3) is 1.00. The quantitative estimate of drug-likeness (QED) is 0.837. The summed E-state index contributed by atoms with van der Waals surface area (Å²) in [5.41, 5.74) is 0.527. The molecule has 2 unspecified atom stereocenters. The van der Waals surface area contributed by atoms with Crippen molar-refractivity contribution < 1.29 is 0 Å². The summed E-state index contributed by atoms with van der Waals surface area (Å²) in [7, 11) is 2.32. The third-order valence-electron chi connectivity index (χ3n) is 5.98. The molecule has 0 amide bonds. The Labute approximate surface area is 125 Å². The lowest BCUT2D eigenvalue weighted by Gasteiger charge is -2.53. The lowest BCUT2D eigenvalue weighted by molar-refractivity contribution is -0.0304. The molecule has 116 valence electrons. The summed E-state index contributed by atoms with van der Waals surface area (Å²) in [4.78, 5) is 5.49. The smallest absolute Gasteiger partial charge is 0.0337 e. The normalized spacial score (nSPS) is 36.3. The van der Waals surface area contributed by atoms with Crippen molar-refractivity contribution >= 4 is 0 Å². The van der Waals surface area contributed by atoms with Gasteiger partial charge in [0.05, 0.1) is 0 Å². The van der Waals surface area contributed by atoms with Crippen molar-refractivity contribution in [2.45, 2.75) is 63.5 Å². The van der Waals surface area contributed by atoms with Crippen LogP contribution >= 0.6 is 0 Å². The van der Waals surface area contributed by atoms with Crippen LogP contribution < -0.4 is 5.32 Å². The maximum Gasteiger partial charge on any atom is 0.0337 e. The molecule has 1 N–H and O–H groups in total. The van der Waals surface area contributed by atoms with Gasteiger partial charge in [-0.15, -0.1) is 0 Å². The van der Waals surface area contributed by atoms with Crippen molar-refractivity contribution in [3.63, 3.8) is 0 Å². The van der Waals surface area contributed by atoms with Crippen LogP contribution in [0.5, 0.6) is 0 Å². The Balaban J connectivity index is 1.66. The molecular weight excluding hydrogens is 246 g/mol. The Hall–Kier alpha value is -0.120. The molecule has 0 bridgehead atoms. The number of likely N-dealkylation sites (N-methyl/N-ethyl adjacent to an activating group) is 1. The van der Waals surface area contributed by atoms with Crippen LogP contribution in [0.1, 0.15) is 51.9 Å². The molecule has 0 aromatic rings. The highest BCUT2D eigenvalue weighted by Gasteiger charge is 2.42. The van der Waals surface area contributed by atoms with E-state index in [-0.39, 0.29) is 0 Å². The Morgan fingerprint density at radius 2 is 1.95 bits per heavy atom. The molecule has 1 spiro atoms. The zero-order chi connectivity index (χ0) is 14.0. The molecule has 1 aliphatic carbocycles. The van der Waals surface area contributed by atoms with E-state index in [1.807, 2.05) is 0 Å². The minimum atomic E-state index is 0.527. The third-order valence-corrected chi connectivity index (χ3v) is 5.98. The van der Waals surface area contributed by atoms with Gasteiger partial charge in [-0.1, -0.05) is 19.3 Å². The van der Waals surface area contributed by atoms with Crippen LogP contribution in [-0.2, 0) is 0 Å². The summed E-state index contributed by atoms with van der Waals surface area (Å²) in [5.74, 6) is 0.924. The zero-order valence-electron chi connectivity index (χ0n) is 13.5. The van der Waals surface area contributed by atoms with Crippen LogP contribution in [0.2, 0.25) is 0 Å². The molecule has 3 heteroatoms. The topological polar surface area (TPSA) is 18.5 Å². The third kappa shape index (κ3) is 3.20. The van der Waals surface area contributed by atoms with Gasteiger partial charge in [-0.25, -0.2) is 0 Å². The summed E-state index contributed by atoms with van der Waals surface area (Å²) >= 11 is 0. The fourth-order valence-electron chi connectivity index (χ4n) is 4.89. The van der Waals surface area contributed by atoms with Crippen molar-refractivity contribution in [1.29, 1.82) is 0 Å². The van der Waals surface area contributed by atoms with E-state index < -0.39 is 0 Å². The Kier molecular flexibility index (Phi) is 4.68. The summed E-state index contributed by atoms with van der Waals surface area (Å²) in [5, 5.41) is 3.60. The first kappa shape index (κ1) is 14.8. The minimum absolute atomic E-state index is 0.527. The highest BCUT2D eigenvalue weighted by atomic mass is 15.3. The molecule has 0 aromatic carbocycles. The molecule has 2 atom stereocenters. The van der Waals surface area contributed by atoms with Gasteiger partial charge in [-0.3, -0.25) is 4.90 Å². The SMILES string of the molecule is CC1CC(CN2CCN(C)CC23CCCCC3)CCN1. The minimum Gasteiger partial charge on any atom is -0.314 e. The van der Waals surface area contributed by atoms with E-state index in [0.29, 0.717) is 5.54 Å². The van der Waals surface area contributed by atoms with Crippen molar-refractivity contribution in [3.8, 4) is 0 Å². The maximum absolute atomic E-state index is 3.60. The second kappa shape index (κ2) is 6.33. The molecule has 3 rings (SSSR count). The van der Waals surface area contributed by atoms with Crippen molar-refractivity contribution in [2.75, 3.05) is 39.8 Å². The highest BCUT2D eigenvalue weighted by molar-refractivity contribution is 4.99. The van der Waals surface area contributed by atoms with E-state index in [1.165, 1.54) is 77.7 Å². The molecule has 2 saturated heterocycles. The molecule has 20 heavy (non-hydrogen) atoms. The van der Waals surface area contributed by atoms with Gasteiger partial charge in [0.2, 0.25) is 0 Å². The largest absolute Gasteiger partial charge is 0.314 e. The van der Waals surface area contributed by atoms with Gasteiger partial charge in [0.1, 0.15) is 0 Å². The maximum atomic E-state index is 3.60. The molecule has 3 aliphatic rings. The monoisotopic (exact) mass is 279 g/mol. The lowest BCUT2D eigenvalue weighted by atomic mass is 9.77. The molecule has 2 heterocycles. The highest BCUT2D eigenvalue weighted by Crippen LogP contribution is 2.37. The predicted octanol–water partition coefficient (Wildman–Crippen LogP) is 2.32. The van der Waals surface area contributed by atoms with Gasteiger partial charge >= 0.3 is 0 Å². The van der Waals surface area contributed by atoms with E-state index in [4.69, 9.17) is 0 Å². The van der Waals surface area contributed by atoms with Gasteiger partial charge in [-0.2, -0.15) is 0 Å². The summed E-state index contributed by atoms with van der Waals surface area (Å²) in [6.45, 7) is 8.82. The fourth-order valence-corrected chi connectivity index (χ4v) is 4.89. The number of hydrogen-bond donors (Lipinski definition) is 1.